The van der Waals surface area contributed by atoms with Crippen molar-refractivity contribution in [2.24, 2.45) is 0 Å². The molecule has 5 aromatic carbocycles. The van der Waals surface area contributed by atoms with Crippen LogP contribution in [-0.2, 0) is 0 Å². The Morgan fingerprint density at radius 3 is 1.31 bits per heavy atom. The van der Waals surface area contributed by atoms with E-state index in [-0.39, 0.29) is 0 Å². The fraction of sp³-hybridized carbons (Fsp3) is 0.0588. The Morgan fingerprint density at radius 1 is 0.444 bits per heavy atom. The van der Waals surface area contributed by atoms with Crippen LogP contribution in [-0.4, -0.2) is 14.1 Å². The predicted molar refractivity (Wildman–Crippen MR) is 155 cm³/mol. The lowest BCUT2D eigenvalue weighted by atomic mass is 9.95. The highest BCUT2D eigenvalue weighted by molar-refractivity contribution is 5.91. The van der Waals surface area contributed by atoms with Gasteiger partial charge in [0, 0.05) is 36.8 Å². The van der Waals surface area contributed by atoms with Crippen LogP contribution >= 0.6 is 0 Å². The van der Waals surface area contributed by atoms with E-state index in [2.05, 4.69) is 169 Å². The zero-order valence-electron chi connectivity index (χ0n) is 20.8. The van der Waals surface area contributed by atoms with E-state index >= 15 is 0 Å². The molecule has 0 saturated heterocycles. The van der Waals surface area contributed by atoms with Gasteiger partial charge < -0.3 is 9.80 Å². The molecule has 0 fully saturated rings. The first-order chi connectivity index (χ1) is 17.7. The van der Waals surface area contributed by atoms with Crippen molar-refractivity contribution in [3.05, 3.63) is 156 Å². The molecule has 0 heterocycles. The monoisotopic (exact) mass is 466 g/mol. The van der Waals surface area contributed by atoms with Gasteiger partial charge in [-0.1, -0.05) is 91.0 Å². The maximum atomic E-state index is 2.29. The van der Waals surface area contributed by atoms with E-state index < -0.39 is 0 Å². The highest BCUT2D eigenvalue weighted by Crippen LogP contribution is 2.35. The summed E-state index contributed by atoms with van der Waals surface area (Å²) in [6.07, 6.45) is 2.27. The normalized spacial score (nSPS) is 10.5. The zero-order chi connectivity index (χ0) is 24.7. The molecule has 0 atom stereocenters. The first kappa shape index (κ1) is 23.2. The molecule has 0 aromatic heterocycles. The van der Waals surface area contributed by atoms with E-state index in [1.807, 2.05) is 0 Å². The first-order valence-electron chi connectivity index (χ1n) is 12.2. The number of hydrogen-bond donors (Lipinski definition) is 0. The van der Waals surface area contributed by atoms with Crippen molar-refractivity contribution in [2.45, 2.75) is 0 Å². The number of rotatable bonds is 7. The van der Waals surface area contributed by atoms with E-state index in [0.717, 1.165) is 22.6 Å². The average Bonchev–Trinajstić information content (AvgIpc) is 2.94. The summed E-state index contributed by atoms with van der Waals surface area (Å²) in [6.45, 7) is 0. The van der Waals surface area contributed by atoms with E-state index in [1.165, 1.54) is 22.4 Å². The molecule has 2 nitrogen and oxygen atoms in total. The van der Waals surface area contributed by atoms with Gasteiger partial charge in [0.15, 0.2) is 0 Å². The number of hydrogen-bond acceptors (Lipinski definition) is 2. The van der Waals surface area contributed by atoms with Crippen LogP contribution in [0.2, 0.25) is 0 Å². The molecule has 0 amide bonds. The van der Waals surface area contributed by atoms with Crippen molar-refractivity contribution in [3.63, 3.8) is 0 Å². The Hall–Kier alpha value is -4.56. The predicted octanol–water partition coefficient (Wildman–Crippen LogP) is 8.81. The van der Waals surface area contributed by atoms with Crippen LogP contribution in [0.1, 0.15) is 16.7 Å². The molecule has 0 aliphatic carbocycles. The minimum absolute atomic E-state index is 1.12. The fourth-order valence-corrected chi connectivity index (χ4v) is 4.38. The van der Waals surface area contributed by atoms with Gasteiger partial charge in [0.2, 0.25) is 0 Å². The van der Waals surface area contributed by atoms with Gasteiger partial charge in [-0.25, -0.2) is 0 Å². The lowest BCUT2D eigenvalue weighted by molar-refractivity contribution is 1.13. The van der Waals surface area contributed by atoms with Crippen LogP contribution in [0.25, 0.3) is 11.6 Å². The Balaban J connectivity index is 1.53. The summed E-state index contributed by atoms with van der Waals surface area (Å²) in [6, 6.07) is 49.2. The molecule has 5 rings (SSSR count). The molecular formula is C34H30N2. The van der Waals surface area contributed by atoms with Gasteiger partial charge in [0.1, 0.15) is 0 Å². The number of anilines is 4. The van der Waals surface area contributed by atoms with Gasteiger partial charge in [-0.05, 0) is 76.9 Å². The fourth-order valence-electron chi connectivity index (χ4n) is 4.38. The van der Waals surface area contributed by atoms with Crippen molar-refractivity contribution < 1.29 is 0 Å². The molecule has 0 unspecified atom stereocenters. The summed E-state index contributed by atoms with van der Waals surface area (Å²) in [5.41, 5.74) is 9.36. The molecular weight excluding hydrogens is 436 g/mol. The second kappa shape index (κ2) is 10.8. The lowest BCUT2D eigenvalue weighted by Gasteiger charge is -2.26. The third-order valence-electron chi connectivity index (χ3n) is 6.27. The molecule has 0 saturated carbocycles. The van der Waals surface area contributed by atoms with Gasteiger partial charge in [0.05, 0.1) is 0 Å². The third-order valence-corrected chi connectivity index (χ3v) is 6.27. The largest absolute Gasteiger partial charge is 0.378 e. The SMILES string of the molecule is CN(C)c1ccc(N(c2ccccc2)c2ccc(C=C(c3ccccc3)c3ccccc3)cc2)cc1. The number of benzene rings is 5. The van der Waals surface area contributed by atoms with E-state index in [0.29, 0.717) is 0 Å². The van der Waals surface area contributed by atoms with Crippen molar-refractivity contribution >= 4 is 34.4 Å². The average molecular weight is 467 g/mol. The topological polar surface area (TPSA) is 6.48 Å². The van der Waals surface area contributed by atoms with Gasteiger partial charge in [0.25, 0.3) is 0 Å². The van der Waals surface area contributed by atoms with Crippen LogP contribution < -0.4 is 9.80 Å². The van der Waals surface area contributed by atoms with Crippen LogP contribution in [0.15, 0.2) is 140 Å². The highest BCUT2D eigenvalue weighted by atomic mass is 15.1. The summed E-state index contributed by atoms with van der Waals surface area (Å²) in [4.78, 5) is 4.41. The summed E-state index contributed by atoms with van der Waals surface area (Å²) < 4.78 is 0. The van der Waals surface area contributed by atoms with E-state index in [1.54, 1.807) is 0 Å². The Labute approximate surface area is 214 Å². The molecule has 0 bridgehead atoms. The van der Waals surface area contributed by atoms with E-state index in [9.17, 15) is 0 Å². The molecule has 176 valence electrons. The molecule has 5 aromatic rings. The maximum Gasteiger partial charge on any atom is 0.0463 e. The summed E-state index contributed by atoms with van der Waals surface area (Å²) >= 11 is 0. The number of para-hydroxylation sites is 1. The lowest BCUT2D eigenvalue weighted by Crippen LogP contribution is -2.11. The van der Waals surface area contributed by atoms with Gasteiger partial charge >= 0.3 is 0 Å². The molecule has 0 radical (unpaired) electrons. The van der Waals surface area contributed by atoms with Crippen LogP contribution in [0.3, 0.4) is 0 Å². The number of nitrogens with zero attached hydrogens (tertiary/aromatic N) is 2. The van der Waals surface area contributed by atoms with E-state index in [4.69, 9.17) is 0 Å². The smallest absolute Gasteiger partial charge is 0.0463 e. The summed E-state index contributed by atoms with van der Waals surface area (Å²) in [5.74, 6) is 0. The third kappa shape index (κ3) is 5.24. The van der Waals surface area contributed by atoms with Crippen LogP contribution in [0, 0.1) is 0 Å². The molecule has 0 spiro atoms. The minimum atomic E-state index is 1.12. The summed E-state index contributed by atoms with van der Waals surface area (Å²) in [7, 11) is 4.13. The van der Waals surface area contributed by atoms with Gasteiger partial charge in [-0.2, -0.15) is 0 Å². The second-order valence-electron chi connectivity index (χ2n) is 8.96. The molecule has 2 heteroatoms. The van der Waals surface area contributed by atoms with Gasteiger partial charge in [-0.3, -0.25) is 0 Å². The molecule has 0 aliphatic heterocycles. The maximum absolute atomic E-state index is 2.29. The zero-order valence-corrected chi connectivity index (χ0v) is 20.8. The summed E-state index contributed by atoms with van der Waals surface area (Å²) in [5, 5.41) is 0. The highest BCUT2D eigenvalue weighted by Gasteiger charge is 2.13. The van der Waals surface area contributed by atoms with Crippen LogP contribution in [0.5, 0.6) is 0 Å². The van der Waals surface area contributed by atoms with Crippen molar-refractivity contribution in [1.29, 1.82) is 0 Å². The Bertz CT molecular complexity index is 1360. The molecule has 36 heavy (non-hydrogen) atoms. The molecule has 0 aliphatic rings. The standard InChI is InChI=1S/C34H30N2/c1-35(2)30-22-24-33(25-23-30)36(31-16-10-5-11-17-31)32-20-18-27(19-21-32)26-34(28-12-6-3-7-13-28)29-14-8-4-9-15-29/h3-26H,1-2H3. The Morgan fingerprint density at radius 2 is 0.833 bits per heavy atom. The van der Waals surface area contributed by atoms with Crippen molar-refractivity contribution in [1.82, 2.24) is 0 Å². The minimum Gasteiger partial charge on any atom is -0.378 e. The molecule has 0 N–H and O–H groups in total. The van der Waals surface area contributed by atoms with Crippen molar-refractivity contribution in [3.8, 4) is 0 Å². The van der Waals surface area contributed by atoms with Gasteiger partial charge in [-0.15, -0.1) is 0 Å². The Kier molecular flexibility index (Phi) is 6.95. The first-order valence-corrected chi connectivity index (χ1v) is 12.2. The van der Waals surface area contributed by atoms with Crippen molar-refractivity contribution in [2.75, 3.05) is 23.9 Å². The quantitative estimate of drug-likeness (QED) is 0.221. The second-order valence-corrected chi connectivity index (χ2v) is 8.96. The van der Waals surface area contributed by atoms with Crippen LogP contribution in [0.4, 0.5) is 22.7 Å².